The number of anilines is 1. The molecule has 1 heterocycles. The third kappa shape index (κ3) is 4.30. The minimum atomic E-state index is -3.95. The summed E-state index contributed by atoms with van der Waals surface area (Å²) in [6, 6.07) is 3.13. The van der Waals surface area contributed by atoms with Crippen LogP contribution in [0.15, 0.2) is 34.6 Å². The molecule has 2 rings (SSSR count). The van der Waals surface area contributed by atoms with Crippen molar-refractivity contribution in [3.8, 4) is 5.75 Å². The summed E-state index contributed by atoms with van der Waals surface area (Å²) in [6.07, 6.45) is 1.28. The minimum absolute atomic E-state index is 0.111. The third-order valence-corrected chi connectivity index (χ3v) is 5.91. The Kier molecular flexibility index (Phi) is 4.78. The monoisotopic (exact) mass is 360 g/mol. The Balaban J connectivity index is 2.29. The van der Waals surface area contributed by atoms with Gasteiger partial charge < -0.3 is 10.1 Å². The van der Waals surface area contributed by atoms with Crippen LogP contribution in [0.2, 0.25) is 0 Å². The summed E-state index contributed by atoms with van der Waals surface area (Å²) in [4.78, 5) is 11.1. The molecule has 0 saturated heterocycles. The highest BCUT2D eigenvalue weighted by molar-refractivity contribution is 7.94. The van der Waals surface area contributed by atoms with Crippen LogP contribution in [0.4, 0.5) is 5.69 Å². The van der Waals surface area contributed by atoms with Crippen LogP contribution in [-0.2, 0) is 24.7 Å². The van der Waals surface area contributed by atoms with Gasteiger partial charge in [-0.25, -0.2) is 21.6 Å². The summed E-state index contributed by atoms with van der Waals surface area (Å²) in [7, 11) is -5.93. The number of nitrogens with one attached hydrogen (secondary N) is 2. The number of hydrogen-bond acceptors (Lipinski definition) is 6. The summed E-state index contributed by atoms with van der Waals surface area (Å²) in [6.45, 7) is 1.28. The van der Waals surface area contributed by atoms with Crippen LogP contribution >= 0.6 is 0 Å². The van der Waals surface area contributed by atoms with E-state index in [4.69, 9.17) is 4.74 Å². The normalized spacial score (nSPS) is 19.5. The topological polar surface area (TPSA) is 119 Å². The molecule has 126 valence electrons. The van der Waals surface area contributed by atoms with Crippen molar-refractivity contribution in [2.45, 2.75) is 17.9 Å². The smallest absolute Gasteiger partial charge is 0.241 e. The van der Waals surface area contributed by atoms with E-state index in [1.54, 1.807) is 0 Å². The molecule has 0 bridgehead atoms. The first kappa shape index (κ1) is 17.4. The van der Waals surface area contributed by atoms with E-state index in [0.29, 0.717) is 5.75 Å². The molecule has 1 amide bonds. The van der Waals surface area contributed by atoms with E-state index in [-0.39, 0.29) is 22.2 Å². The molecule has 0 unspecified atom stereocenters. The summed E-state index contributed by atoms with van der Waals surface area (Å²) < 4.78 is 54.7. The molecule has 23 heavy (non-hydrogen) atoms. The number of methoxy groups -OCH3 is 1. The van der Waals surface area contributed by atoms with Crippen LogP contribution in [0.5, 0.6) is 5.75 Å². The molecule has 0 aliphatic carbocycles. The zero-order chi connectivity index (χ0) is 17.3. The van der Waals surface area contributed by atoms with Crippen molar-refractivity contribution in [3.05, 3.63) is 29.7 Å². The van der Waals surface area contributed by atoms with Crippen LogP contribution in [-0.4, -0.2) is 41.6 Å². The number of rotatable bonds is 5. The number of sulfone groups is 1. The van der Waals surface area contributed by atoms with Gasteiger partial charge in [0.05, 0.1) is 29.5 Å². The zero-order valence-electron chi connectivity index (χ0n) is 12.4. The van der Waals surface area contributed by atoms with Gasteiger partial charge in [0, 0.05) is 12.3 Å². The fraction of sp³-hybridized carbons (Fsp3) is 0.308. The Labute approximate surface area is 134 Å². The first-order valence-electron chi connectivity index (χ1n) is 6.52. The second-order valence-corrected chi connectivity index (χ2v) is 8.57. The Bertz CT molecular complexity index is 858. The first-order valence-corrected chi connectivity index (χ1v) is 9.72. The van der Waals surface area contributed by atoms with Gasteiger partial charge in [-0.1, -0.05) is 6.08 Å². The molecule has 10 heteroatoms. The number of amides is 1. The second-order valence-electron chi connectivity index (χ2n) is 4.93. The van der Waals surface area contributed by atoms with Crippen molar-refractivity contribution in [3.63, 3.8) is 0 Å². The molecule has 0 spiro atoms. The van der Waals surface area contributed by atoms with Gasteiger partial charge in [0.25, 0.3) is 0 Å². The molecule has 1 aliphatic rings. The van der Waals surface area contributed by atoms with Gasteiger partial charge in [-0.15, -0.1) is 0 Å². The molecule has 1 atom stereocenters. The van der Waals surface area contributed by atoms with Crippen LogP contribution in [0.25, 0.3) is 0 Å². The molecule has 0 aromatic heterocycles. The lowest BCUT2D eigenvalue weighted by molar-refractivity contribution is -0.114. The zero-order valence-corrected chi connectivity index (χ0v) is 14.1. The summed E-state index contributed by atoms with van der Waals surface area (Å²) >= 11 is 0. The molecule has 1 aromatic carbocycles. The van der Waals surface area contributed by atoms with Crippen LogP contribution < -0.4 is 14.8 Å². The van der Waals surface area contributed by atoms with Crippen molar-refractivity contribution in [1.29, 1.82) is 0 Å². The second kappa shape index (κ2) is 6.30. The standard InChI is InChI=1S/C13H16N2O6S2/c1-9(16)14-12-7-11(3-4-13(12)21-2)23(19,20)15-10-5-6-22(17,18)8-10/h3-7,10,15H,8H2,1-2H3,(H,14,16)/t10-/m0/s1. The van der Waals surface area contributed by atoms with Crippen molar-refractivity contribution in [2.75, 3.05) is 18.2 Å². The fourth-order valence-corrected chi connectivity index (χ4v) is 4.62. The first-order chi connectivity index (χ1) is 10.6. The lowest BCUT2D eigenvalue weighted by atomic mass is 10.3. The number of hydrogen-bond donors (Lipinski definition) is 2. The van der Waals surface area contributed by atoms with Gasteiger partial charge in [-0.3, -0.25) is 4.79 Å². The molecule has 2 N–H and O–H groups in total. The average Bonchev–Trinajstić information content (AvgIpc) is 2.76. The lowest BCUT2D eigenvalue weighted by Crippen LogP contribution is -2.35. The molecular weight excluding hydrogens is 344 g/mol. The highest BCUT2D eigenvalue weighted by Crippen LogP contribution is 2.27. The highest BCUT2D eigenvalue weighted by Gasteiger charge is 2.27. The molecule has 1 aliphatic heterocycles. The van der Waals surface area contributed by atoms with Gasteiger partial charge >= 0.3 is 0 Å². The van der Waals surface area contributed by atoms with Gasteiger partial charge in [0.1, 0.15) is 5.75 Å². The fourth-order valence-electron chi connectivity index (χ4n) is 2.06. The number of ether oxygens (including phenoxy) is 1. The van der Waals surface area contributed by atoms with E-state index in [1.165, 1.54) is 38.3 Å². The Hall–Kier alpha value is -1.91. The molecule has 1 aromatic rings. The van der Waals surface area contributed by atoms with Gasteiger partial charge in [0.15, 0.2) is 9.84 Å². The van der Waals surface area contributed by atoms with Crippen LogP contribution in [0.3, 0.4) is 0 Å². The maximum Gasteiger partial charge on any atom is 0.241 e. The lowest BCUT2D eigenvalue weighted by Gasteiger charge is -2.14. The number of benzene rings is 1. The van der Waals surface area contributed by atoms with Crippen molar-refractivity contribution in [2.24, 2.45) is 0 Å². The number of carbonyl (C=O) groups is 1. The van der Waals surface area contributed by atoms with Crippen molar-refractivity contribution in [1.82, 2.24) is 4.72 Å². The largest absolute Gasteiger partial charge is 0.495 e. The Morgan fingerprint density at radius 3 is 2.57 bits per heavy atom. The van der Waals surface area contributed by atoms with Crippen LogP contribution in [0.1, 0.15) is 6.92 Å². The third-order valence-electron chi connectivity index (χ3n) is 3.03. The van der Waals surface area contributed by atoms with E-state index < -0.39 is 25.9 Å². The van der Waals surface area contributed by atoms with Crippen molar-refractivity contribution < 1.29 is 26.4 Å². The Morgan fingerprint density at radius 2 is 2.04 bits per heavy atom. The highest BCUT2D eigenvalue weighted by atomic mass is 32.2. The SMILES string of the molecule is COc1ccc(S(=O)(=O)N[C@H]2C=CS(=O)(=O)C2)cc1NC(C)=O. The van der Waals surface area contributed by atoms with Gasteiger partial charge in [-0.2, -0.15) is 0 Å². The quantitative estimate of drug-likeness (QED) is 0.776. The maximum atomic E-state index is 12.3. The number of sulfonamides is 1. The van der Waals surface area contributed by atoms with E-state index in [0.717, 1.165) is 5.41 Å². The van der Waals surface area contributed by atoms with Gasteiger partial charge in [-0.05, 0) is 18.2 Å². The summed E-state index contributed by atoms with van der Waals surface area (Å²) in [5, 5.41) is 3.46. The van der Waals surface area contributed by atoms with E-state index in [9.17, 15) is 21.6 Å². The predicted octanol–water partition coefficient (Wildman–Crippen LogP) is 0.243. The molecule has 0 radical (unpaired) electrons. The molecule has 0 fully saturated rings. The van der Waals surface area contributed by atoms with E-state index in [2.05, 4.69) is 10.0 Å². The Morgan fingerprint density at radius 1 is 1.35 bits per heavy atom. The molecule has 0 saturated carbocycles. The predicted molar refractivity (Wildman–Crippen MR) is 84.3 cm³/mol. The molecule has 8 nitrogen and oxygen atoms in total. The van der Waals surface area contributed by atoms with Crippen molar-refractivity contribution >= 4 is 31.5 Å². The van der Waals surface area contributed by atoms with E-state index >= 15 is 0 Å². The van der Waals surface area contributed by atoms with E-state index in [1.807, 2.05) is 0 Å². The summed E-state index contributed by atoms with van der Waals surface area (Å²) in [5.41, 5.74) is 0.206. The van der Waals surface area contributed by atoms with Crippen LogP contribution in [0, 0.1) is 0 Å². The maximum absolute atomic E-state index is 12.3. The summed E-state index contributed by atoms with van der Waals surface area (Å²) in [5.74, 6) is -0.390. The average molecular weight is 360 g/mol. The number of carbonyl (C=O) groups excluding carboxylic acids is 1. The van der Waals surface area contributed by atoms with Gasteiger partial charge in [0.2, 0.25) is 15.9 Å². The minimum Gasteiger partial charge on any atom is -0.495 e. The molecular formula is C13H16N2O6S2.